The van der Waals surface area contributed by atoms with Crippen molar-refractivity contribution in [2.75, 3.05) is 7.11 Å². The Bertz CT molecular complexity index is 754. The normalized spacial score (nSPS) is 11.2. The Kier molecular flexibility index (Phi) is 5.47. The molecule has 1 aromatic heterocycles. The van der Waals surface area contributed by atoms with E-state index in [9.17, 15) is 9.90 Å². The summed E-state index contributed by atoms with van der Waals surface area (Å²) in [6, 6.07) is 6.28. The van der Waals surface area contributed by atoms with Crippen molar-refractivity contribution in [2.24, 2.45) is 0 Å². The zero-order valence-electron chi connectivity index (χ0n) is 12.3. The van der Waals surface area contributed by atoms with Crippen LogP contribution >= 0.6 is 23.2 Å². The van der Waals surface area contributed by atoms with Gasteiger partial charge in [0.2, 0.25) is 0 Å². The average molecular weight is 354 g/mol. The fraction of sp³-hybridized carbons (Fsp3) is 0.125. The van der Waals surface area contributed by atoms with Gasteiger partial charge in [-0.25, -0.2) is 4.79 Å². The van der Waals surface area contributed by atoms with E-state index < -0.39 is 5.97 Å². The van der Waals surface area contributed by atoms with Crippen LogP contribution in [0.25, 0.3) is 5.57 Å². The van der Waals surface area contributed by atoms with E-state index in [-0.39, 0.29) is 5.57 Å². The highest BCUT2D eigenvalue weighted by atomic mass is 35.5. The Morgan fingerprint density at radius 1 is 1.26 bits per heavy atom. The Balaban J connectivity index is 2.53. The molecular weight excluding hydrogens is 341 g/mol. The van der Waals surface area contributed by atoms with Crippen molar-refractivity contribution in [3.8, 4) is 11.5 Å². The largest absolute Gasteiger partial charge is 0.503 e. The maximum absolute atomic E-state index is 11.5. The molecule has 0 aliphatic heterocycles. The summed E-state index contributed by atoms with van der Waals surface area (Å²) in [5.74, 6) is -0.463. The SMILES string of the molecule is CO/C=C(/C(=O)O)c1c(Oc2cc(Cl)cc(Cl)c2)ccnc1C. The van der Waals surface area contributed by atoms with Crippen LogP contribution < -0.4 is 4.74 Å². The lowest BCUT2D eigenvalue weighted by Crippen LogP contribution is -2.05. The van der Waals surface area contributed by atoms with Gasteiger partial charge in [0, 0.05) is 21.9 Å². The number of carboxylic acid groups (broad SMARTS) is 1. The number of hydrogen-bond acceptors (Lipinski definition) is 4. The van der Waals surface area contributed by atoms with Crippen molar-refractivity contribution in [1.82, 2.24) is 4.98 Å². The van der Waals surface area contributed by atoms with Crippen molar-refractivity contribution in [2.45, 2.75) is 6.92 Å². The van der Waals surface area contributed by atoms with Crippen LogP contribution in [0.15, 0.2) is 36.7 Å². The summed E-state index contributed by atoms with van der Waals surface area (Å²) in [5.41, 5.74) is 0.737. The maximum Gasteiger partial charge on any atom is 0.339 e. The van der Waals surface area contributed by atoms with E-state index in [4.69, 9.17) is 32.7 Å². The van der Waals surface area contributed by atoms with Gasteiger partial charge >= 0.3 is 5.97 Å². The minimum absolute atomic E-state index is 0.0683. The number of methoxy groups -OCH3 is 1. The quantitative estimate of drug-likeness (QED) is 0.630. The number of carbonyl (C=O) groups is 1. The third-order valence-electron chi connectivity index (χ3n) is 2.90. The molecule has 23 heavy (non-hydrogen) atoms. The lowest BCUT2D eigenvalue weighted by Gasteiger charge is -2.14. The van der Waals surface area contributed by atoms with Gasteiger partial charge in [0.15, 0.2) is 0 Å². The van der Waals surface area contributed by atoms with E-state index in [0.717, 1.165) is 6.26 Å². The molecule has 0 radical (unpaired) electrons. The van der Waals surface area contributed by atoms with Crippen molar-refractivity contribution in [3.05, 3.63) is 58.0 Å². The van der Waals surface area contributed by atoms with Crippen molar-refractivity contribution >= 4 is 34.7 Å². The molecule has 0 bridgehead atoms. The highest BCUT2D eigenvalue weighted by Crippen LogP contribution is 2.34. The standard InChI is InChI=1S/C16H13Cl2NO4/c1-9-15(13(8-22-2)16(20)21)14(3-4-19-9)23-12-6-10(17)5-11(18)7-12/h3-8H,1-2H3,(H,20,21)/b13-8+. The zero-order valence-corrected chi connectivity index (χ0v) is 13.9. The monoisotopic (exact) mass is 353 g/mol. The Labute approximate surface area is 143 Å². The first-order valence-electron chi connectivity index (χ1n) is 6.48. The summed E-state index contributed by atoms with van der Waals surface area (Å²) in [6.07, 6.45) is 2.65. The molecule has 120 valence electrons. The number of aromatic nitrogens is 1. The summed E-state index contributed by atoms with van der Waals surface area (Å²) in [6.45, 7) is 1.68. The van der Waals surface area contributed by atoms with Crippen molar-refractivity contribution < 1.29 is 19.4 Å². The molecule has 5 nitrogen and oxygen atoms in total. The number of aliphatic carboxylic acids is 1. The number of nitrogens with zero attached hydrogens (tertiary/aromatic N) is 1. The summed E-state index contributed by atoms with van der Waals surface area (Å²) >= 11 is 11.9. The van der Waals surface area contributed by atoms with E-state index in [2.05, 4.69) is 4.98 Å². The fourth-order valence-electron chi connectivity index (χ4n) is 2.00. The molecule has 0 amide bonds. The first kappa shape index (κ1) is 17.1. The predicted octanol–water partition coefficient (Wildman–Crippen LogP) is 4.56. The van der Waals surface area contributed by atoms with Crippen LogP contribution in [0.4, 0.5) is 0 Å². The van der Waals surface area contributed by atoms with Gasteiger partial charge in [-0.1, -0.05) is 23.2 Å². The molecule has 0 aliphatic carbocycles. The van der Waals surface area contributed by atoms with E-state index in [0.29, 0.717) is 32.8 Å². The minimum Gasteiger partial charge on any atom is -0.503 e. The lowest BCUT2D eigenvalue weighted by molar-refractivity contribution is -0.130. The Hall–Kier alpha value is -2.24. The van der Waals surface area contributed by atoms with E-state index >= 15 is 0 Å². The van der Waals surface area contributed by atoms with Gasteiger partial charge in [-0.15, -0.1) is 0 Å². The maximum atomic E-state index is 11.5. The molecule has 2 aromatic rings. The van der Waals surface area contributed by atoms with Crippen LogP contribution in [0.3, 0.4) is 0 Å². The Morgan fingerprint density at radius 3 is 2.48 bits per heavy atom. The molecule has 1 heterocycles. The third kappa shape index (κ3) is 4.15. The van der Waals surface area contributed by atoms with Gasteiger partial charge in [-0.2, -0.15) is 0 Å². The van der Waals surface area contributed by atoms with Crippen LogP contribution in [0, 0.1) is 6.92 Å². The number of hydrogen-bond donors (Lipinski definition) is 1. The van der Waals surface area contributed by atoms with Gasteiger partial charge in [0.1, 0.15) is 17.1 Å². The molecule has 7 heteroatoms. The molecule has 0 saturated carbocycles. The average Bonchev–Trinajstić information content (AvgIpc) is 2.44. The topological polar surface area (TPSA) is 68.7 Å². The summed E-state index contributed by atoms with van der Waals surface area (Å²) < 4.78 is 10.6. The Morgan fingerprint density at radius 2 is 1.91 bits per heavy atom. The number of halogens is 2. The molecule has 2 rings (SSSR count). The molecule has 1 N–H and O–H groups in total. The second kappa shape index (κ2) is 7.35. The number of rotatable bonds is 5. The van der Waals surface area contributed by atoms with Crippen LogP contribution in [-0.4, -0.2) is 23.2 Å². The molecule has 1 aromatic carbocycles. The first-order valence-corrected chi connectivity index (χ1v) is 7.24. The van der Waals surface area contributed by atoms with Crippen LogP contribution in [-0.2, 0) is 9.53 Å². The second-order valence-electron chi connectivity index (χ2n) is 4.55. The van der Waals surface area contributed by atoms with Crippen LogP contribution in [0.1, 0.15) is 11.3 Å². The molecule has 0 saturated heterocycles. The highest BCUT2D eigenvalue weighted by Gasteiger charge is 2.20. The van der Waals surface area contributed by atoms with E-state index in [1.165, 1.54) is 13.3 Å². The summed E-state index contributed by atoms with van der Waals surface area (Å²) in [5, 5.41) is 10.2. The highest BCUT2D eigenvalue weighted by molar-refractivity contribution is 6.34. The number of pyridine rings is 1. The van der Waals surface area contributed by atoms with Crippen LogP contribution in [0.2, 0.25) is 10.0 Å². The fourth-order valence-corrected chi connectivity index (χ4v) is 2.51. The molecule has 0 aliphatic rings. The first-order chi connectivity index (χ1) is 10.9. The second-order valence-corrected chi connectivity index (χ2v) is 5.42. The third-order valence-corrected chi connectivity index (χ3v) is 3.34. The summed E-state index contributed by atoms with van der Waals surface area (Å²) in [7, 11) is 1.37. The van der Waals surface area contributed by atoms with E-state index in [1.807, 2.05) is 0 Å². The van der Waals surface area contributed by atoms with Gasteiger partial charge < -0.3 is 14.6 Å². The van der Waals surface area contributed by atoms with E-state index in [1.54, 1.807) is 31.2 Å². The van der Waals surface area contributed by atoms with Crippen molar-refractivity contribution in [1.29, 1.82) is 0 Å². The van der Waals surface area contributed by atoms with Gasteiger partial charge in [0.25, 0.3) is 0 Å². The number of ether oxygens (including phenoxy) is 2. The molecule has 0 fully saturated rings. The smallest absolute Gasteiger partial charge is 0.339 e. The molecule has 0 atom stereocenters. The number of aryl methyl sites for hydroxylation is 1. The molecule has 0 spiro atoms. The van der Waals surface area contributed by atoms with Crippen molar-refractivity contribution in [3.63, 3.8) is 0 Å². The van der Waals surface area contributed by atoms with Gasteiger partial charge in [-0.05, 0) is 31.2 Å². The summed E-state index contributed by atoms with van der Waals surface area (Å²) in [4.78, 5) is 15.6. The molecular formula is C16H13Cl2NO4. The minimum atomic E-state index is -1.16. The number of carboxylic acids is 1. The predicted molar refractivity (Wildman–Crippen MR) is 88.1 cm³/mol. The van der Waals surface area contributed by atoms with Crippen LogP contribution in [0.5, 0.6) is 11.5 Å². The zero-order chi connectivity index (χ0) is 17.0. The van der Waals surface area contributed by atoms with Gasteiger partial charge in [-0.3, -0.25) is 4.98 Å². The van der Waals surface area contributed by atoms with Gasteiger partial charge in [0.05, 0.1) is 18.9 Å². The number of benzene rings is 1. The lowest BCUT2D eigenvalue weighted by atomic mass is 10.0. The molecule has 0 unspecified atom stereocenters.